The minimum absolute atomic E-state index is 0.251. The lowest BCUT2D eigenvalue weighted by atomic mass is 9.97. The minimum atomic E-state index is -0.290. The molecule has 0 saturated carbocycles. The van der Waals surface area contributed by atoms with Crippen LogP contribution < -0.4 is 0 Å². The van der Waals surface area contributed by atoms with Crippen LogP contribution in [-0.2, 0) is 4.79 Å². The number of hydrogen-bond acceptors (Lipinski definition) is 2. The zero-order valence-electron chi connectivity index (χ0n) is 10.7. The molecule has 1 heterocycles. The highest BCUT2D eigenvalue weighted by molar-refractivity contribution is 5.79. The van der Waals surface area contributed by atoms with Crippen molar-refractivity contribution in [2.75, 3.05) is 13.1 Å². The van der Waals surface area contributed by atoms with Gasteiger partial charge in [0.15, 0.2) is 0 Å². The molecule has 96 valence electrons. The number of carbonyl (C=O) groups excluding carboxylic acids is 1. The summed E-state index contributed by atoms with van der Waals surface area (Å²) in [5.74, 6) is 0.528. The van der Waals surface area contributed by atoms with Crippen molar-refractivity contribution >= 4 is 5.91 Å². The molecule has 1 saturated heterocycles. The number of aliphatic hydroxyl groups is 1. The second-order valence-corrected chi connectivity index (χ2v) is 5.41. The summed E-state index contributed by atoms with van der Waals surface area (Å²) in [5, 5.41) is 9.52. The summed E-state index contributed by atoms with van der Waals surface area (Å²) in [6.07, 6.45) is 8.24. The second-order valence-electron chi connectivity index (χ2n) is 5.41. The number of nitrogens with zero attached hydrogens (tertiary/aromatic N) is 1. The standard InChI is InChI=1S/C14H23NO2/c1-11(16)13-7-8-15(10-13)14(17)9-12-5-3-2-4-6-12/h5,11,13,16H,2-4,6-10H2,1H3. The van der Waals surface area contributed by atoms with E-state index in [0.29, 0.717) is 6.42 Å². The highest BCUT2D eigenvalue weighted by Gasteiger charge is 2.29. The molecule has 0 aromatic rings. The van der Waals surface area contributed by atoms with Crippen molar-refractivity contribution in [2.24, 2.45) is 5.92 Å². The molecule has 0 aromatic heterocycles. The molecular weight excluding hydrogens is 214 g/mol. The topological polar surface area (TPSA) is 40.5 Å². The zero-order valence-corrected chi connectivity index (χ0v) is 10.7. The first kappa shape index (κ1) is 12.6. The van der Waals surface area contributed by atoms with Gasteiger partial charge in [-0.25, -0.2) is 0 Å². The Morgan fingerprint density at radius 1 is 1.59 bits per heavy atom. The smallest absolute Gasteiger partial charge is 0.226 e. The molecule has 0 bridgehead atoms. The van der Waals surface area contributed by atoms with Gasteiger partial charge in [-0.05, 0) is 39.0 Å². The van der Waals surface area contributed by atoms with Crippen molar-refractivity contribution < 1.29 is 9.90 Å². The average molecular weight is 237 g/mol. The van der Waals surface area contributed by atoms with Gasteiger partial charge < -0.3 is 10.0 Å². The van der Waals surface area contributed by atoms with E-state index >= 15 is 0 Å². The second kappa shape index (κ2) is 5.67. The zero-order chi connectivity index (χ0) is 12.3. The largest absolute Gasteiger partial charge is 0.393 e. The fraction of sp³-hybridized carbons (Fsp3) is 0.786. The molecule has 2 unspecified atom stereocenters. The summed E-state index contributed by atoms with van der Waals surface area (Å²) in [4.78, 5) is 14.0. The minimum Gasteiger partial charge on any atom is -0.393 e. The maximum atomic E-state index is 12.1. The molecule has 1 fully saturated rings. The van der Waals surface area contributed by atoms with Crippen LogP contribution in [0.1, 0.15) is 45.4 Å². The number of allylic oxidation sites excluding steroid dienone is 1. The van der Waals surface area contributed by atoms with Gasteiger partial charge in [-0.3, -0.25) is 4.79 Å². The summed E-state index contributed by atoms with van der Waals surface area (Å²) in [6, 6.07) is 0. The van der Waals surface area contributed by atoms with Gasteiger partial charge in [-0.1, -0.05) is 11.6 Å². The van der Waals surface area contributed by atoms with Crippen LogP contribution in [0.4, 0.5) is 0 Å². The first-order valence-corrected chi connectivity index (χ1v) is 6.80. The van der Waals surface area contributed by atoms with E-state index in [1.165, 1.54) is 18.4 Å². The number of carbonyl (C=O) groups is 1. The van der Waals surface area contributed by atoms with Crippen LogP contribution >= 0.6 is 0 Å². The first-order valence-electron chi connectivity index (χ1n) is 6.80. The average Bonchev–Trinajstić information content (AvgIpc) is 2.79. The number of amides is 1. The summed E-state index contributed by atoms with van der Waals surface area (Å²) in [7, 11) is 0. The van der Waals surface area contributed by atoms with Gasteiger partial charge in [-0.15, -0.1) is 0 Å². The fourth-order valence-corrected chi connectivity index (χ4v) is 2.78. The van der Waals surface area contributed by atoms with E-state index in [9.17, 15) is 9.90 Å². The lowest BCUT2D eigenvalue weighted by Gasteiger charge is -2.19. The SMILES string of the molecule is CC(O)C1CCN(C(=O)CC2=CCCCC2)C1. The molecule has 2 atom stereocenters. The maximum absolute atomic E-state index is 12.1. The molecule has 2 aliphatic rings. The van der Waals surface area contributed by atoms with Gasteiger partial charge in [0.25, 0.3) is 0 Å². The molecular formula is C14H23NO2. The monoisotopic (exact) mass is 237 g/mol. The summed E-state index contributed by atoms with van der Waals surface area (Å²) in [6.45, 7) is 3.38. The van der Waals surface area contributed by atoms with Crippen molar-refractivity contribution in [3.8, 4) is 0 Å². The van der Waals surface area contributed by atoms with Gasteiger partial charge in [-0.2, -0.15) is 0 Å². The van der Waals surface area contributed by atoms with E-state index in [-0.39, 0.29) is 17.9 Å². The van der Waals surface area contributed by atoms with Crippen LogP contribution in [-0.4, -0.2) is 35.1 Å². The Morgan fingerprint density at radius 3 is 3.00 bits per heavy atom. The van der Waals surface area contributed by atoms with Crippen LogP contribution in [0.5, 0.6) is 0 Å². The highest BCUT2D eigenvalue weighted by Crippen LogP contribution is 2.24. The molecule has 2 rings (SSSR count). The van der Waals surface area contributed by atoms with Gasteiger partial charge in [0.05, 0.1) is 6.10 Å². The molecule has 1 amide bonds. The molecule has 1 aliphatic heterocycles. The van der Waals surface area contributed by atoms with Crippen LogP contribution in [0.15, 0.2) is 11.6 Å². The normalized spacial score (nSPS) is 26.8. The Morgan fingerprint density at radius 2 is 2.41 bits per heavy atom. The molecule has 1 N–H and O–H groups in total. The Labute approximate surface area is 103 Å². The van der Waals surface area contributed by atoms with Crippen molar-refractivity contribution in [2.45, 2.75) is 51.6 Å². The van der Waals surface area contributed by atoms with Crippen LogP contribution in [0, 0.1) is 5.92 Å². The number of rotatable bonds is 3. The predicted molar refractivity (Wildman–Crippen MR) is 67.5 cm³/mol. The van der Waals surface area contributed by atoms with E-state index in [1.54, 1.807) is 0 Å². The lowest BCUT2D eigenvalue weighted by molar-refractivity contribution is -0.129. The van der Waals surface area contributed by atoms with Crippen LogP contribution in [0.2, 0.25) is 0 Å². The van der Waals surface area contributed by atoms with E-state index in [4.69, 9.17) is 0 Å². The third-order valence-corrected chi connectivity index (χ3v) is 4.02. The molecule has 0 spiro atoms. The van der Waals surface area contributed by atoms with Crippen molar-refractivity contribution in [3.63, 3.8) is 0 Å². The van der Waals surface area contributed by atoms with Gasteiger partial charge in [0.1, 0.15) is 0 Å². The third kappa shape index (κ3) is 3.32. The van der Waals surface area contributed by atoms with Gasteiger partial charge in [0, 0.05) is 25.4 Å². The maximum Gasteiger partial charge on any atom is 0.226 e. The Hall–Kier alpha value is -0.830. The predicted octanol–water partition coefficient (Wildman–Crippen LogP) is 2.11. The van der Waals surface area contributed by atoms with E-state index < -0.39 is 0 Å². The quantitative estimate of drug-likeness (QED) is 0.764. The van der Waals surface area contributed by atoms with Crippen LogP contribution in [0.3, 0.4) is 0 Å². The van der Waals surface area contributed by atoms with Crippen molar-refractivity contribution in [1.29, 1.82) is 0 Å². The molecule has 1 aliphatic carbocycles. The lowest BCUT2D eigenvalue weighted by Crippen LogP contribution is -2.30. The first-order chi connectivity index (χ1) is 8.16. The number of aliphatic hydroxyl groups excluding tert-OH is 1. The van der Waals surface area contributed by atoms with Crippen LogP contribution in [0.25, 0.3) is 0 Å². The fourth-order valence-electron chi connectivity index (χ4n) is 2.78. The van der Waals surface area contributed by atoms with Crippen molar-refractivity contribution in [3.05, 3.63) is 11.6 Å². The van der Waals surface area contributed by atoms with Gasteiger partial charge in [0.2, 0.25) is 5.91 Å². The summed E-state index contributed by atoms with van der Waals surface area (Å²) >= 11 is 0. The molecule has 0 radical (unpaired) electrons. The molecule has 0 aromatic carbocycles. The Balaban J connectivity index is 1.82. The molecule has 17 heavy (non-hydrogen) atoms. The van der Waals surface area contributed by atoms with E-state index in [1.807, 2.05) is 11.8 Å². The summed E-state index contributed by atoms with van der Waals surface area (Å²) < 4.78 is 0. The Kier molecular flexibility index (Phi) is 4.21. The molecule has 3 nitrogen and oxygen atoms in total. The Bertz CT molecular complexity index is 309. The highest BCUT2D eigenvalue weighted by atomic mass is 16.3. The van der Waals surface area contributed by atoms with Crippen molar-refractivity contribution in [1.82, 2.24) is 4.90 Å². The van der Waals surface area contributed by atoms with E-state index in [2.05, 4.69) is 6.08 Å². The number of hydrogen-bond donors (Lipinski definition) is 1. The van der Waals surface area contributed by atoms with Gasteiger partial charge >= 0.3 is 0 Å². The van der Waals surface area contributed by atoms with E-state index in [0.717, 1.165) is 32.4 Å². The number of likely N-dealkylation sites (tertiary alicyclic amines) is 1. The summed E-state index contributed by atoms with van der Waals surface area (Å²) in [5.41, 5.74) is 1.32. The third-order valence-electron chi connectivity index (χ3n) is 4.02. The molecule has 3 heteroatoms.